The predicted octanol–water partition coefficient (Wildman–Crippen LogP) is 2.04. The molecule has 10 heavy (non-hydrogen) atoms. The number of fused-ring (bicyclic) bond motifs is 1. The molecule has 3 heteroatoms. The molecule has 50 valence electrons. The fourth-order valence-corrected chi connectivity index (χ4v) is 1.14. The van der Waals surface area contributed by atoms with Gasteiger partial charge in [-0.1, -0.05) is 18.2 Å². The van der Waals surface area contributed by atoms with Crippen molar-refractivity contribution in [2.45, 2.75) is 0 Å². The van der Waals surface area contributed by atoms with Crippen molar-refractivity contribution >= 4 is 22.7 Å². The third-order valence-electron chi connectivity index (χ3n) is 1.43. The first-order valence-corrected chi connectivity index (χ1v) is 3.30. The lowest BCUT2D eigenvalue weighted by molar-refractivity contribution is 1.02. The maximum atomic E-state index is 5.68. The van der Waals surface area contributed by atoms with Crippen LogP contribution in [0.3, 0.4) is 0 Å². The molecule has 0 spiro atoms. The second-order valence-electron chi connectivity index (χ2n) is 2.06. The van der Waals surface area contributed by atoms with Gasteiger partial charge < -0.3 is 0 Å². The summed E-state index contributed by atoms with van der Waals surface area (Å²) in [5.74, 6) is 0. The van der Waals surface area contributed by atoms with Crippen molar-refractivity contribution in [1.82, 2.24) is 9.30 Å². The summed E-state index contributed by atoms with van der Waals surface area (Å²) in [7, 11) is 0. The van der Waals surface area contributed by atoms with Gasteiger partial charge in [0.25, 0.3) is 0 Å². The van der Waals surface area contributed by atoms with Crippen LogP contribution in [-0.2, 0) is 0 Å². The molecule has 0 N–H and O–H groups in total. The van der Waals surface area contributed by atoms with Gasteiger partial charge in [0.15, 0.2) is 0 Å². The molecule has 0 aliphatic heterocycles. The van der Waals surface area contributed by atoms with Crippen LogP contribution in [0, 0.1) is 0 Å². The lowest BCUT2D eigenvalue weighted by Gasteiger charge is -1.86. The van der Waals surface area contributed by atoms with E-state index in [0.29, 0.717) is 0 Å². The van der Waals surface area contributed by atoms with Crippen molar-refractivity contribution in [3.63, 3.8) is 0 Å². The zero-order valence-electron chi connectivity index (χ0n) is 5.16. The van der Waals surface area contributed by atoms with Crippen molar-refractivity contribution in [3.05, 3.63) is 30.5 Å². The molecule has 0 aliphatic rings. The van der Waals surface area contributed by atoms with E-state index in [1.54, 1.807) is 6.20 Å². The van der Waals surface area contributed by atoms with Crippen LogP contribution in [0.4, 0.5) is 0 Å². The van der Waals surface area contributed by atoms with Crippen LogP contribution in [-0.4, -0.2) is 9.30 Å². The van der Waals surface area contributed by atoms with Gasteiger partial charge >= 0.3 is 0 Å². The maximum absolute atomic E-state index is 5.68. The number of benzene rings is 1. The Kier molecular flexibility index (Phi) is 1.14. The Morgan fingerprint density at radius 2 is 2.10 bits per heavy atom. The molecular weight excluding hydrogens is 148 g/mol. The highest BCUT2D eigenvalue weighted by molar-refractivity contribution is 6.18. The fourth-order valence-electron chi connectivity index (χ4n) is 0.940. The van der Waals surface area contributed by atoms with Crippen LogP contribution in [0.25, 0.3) is 10.9 Å². The quantitative estimate of drug-likeness (QED) is 0.565. The van der Waals surface area contributed by atoms with Crippen molar-refractivity contribution < 1.29 is 0 Å². The minimum absolute atomic E-state index is 0.948. The van der Waals surface area contributed by atoms with E-state index in [1.165, 1.54) is 4.20 Å². The van der Waals surface area contributed by atoms with E-state index < -0.39 is 0 Å². The fraction of sp³-hybridized carbons (Fsp3) is 0. The SMILES string of the molecule is Cln1ncc2ccccc21. The molecule has 0 fully saturated rings. The molecule has 1 aromatic carbocycles. The maximum Gasteiger partial charge on any atom is 0.0871 e. The van der Waals surface area contributed by atoms with Crippen LogP contribution in [0.5, 0.6) is 0 Å². The number of aromatic nitrogens is 2. The molecule has 1 aromatic heterocycles. The Morgan fingerprint density at radius 1 is 1.30 bits per heavy atom. The Labute approximate surface area is 63.1 Å². The minimum Gasteiger partial charge on any atom is -0.172 e. The second kappa shape index (κ2) is 1.99. The number of hydrogen-bond acceptors (Lipinski definition) is 1. The summed E-state index contributed by atoms with van der Waals surface area (Å²) in [6.45, 7) is 0. The van der Waals surface area contributed by atoms with Gasteiger partial charge in [-0.15, -0.1) is 0 Å². The standard InChI is InChI=1S/C7H5ClN2/c8-10-7-4-2-1-3-6(7)5-9-10/h1-5H. The second-order valence-corrected chi connectivity index (χ2v) is 2.38. The van der Waals surface area contributed by atoms with E-state index in [4.69, 9.17) is 11.8 Å². The third kappa shape index (κ3) is 0.693. The predicted molar refractivity (Wildman–Crippen MR) is 41.0 cm³/mol. The van der Waals surface area contributed by atoms with Crippen molar-refractivity contribution in [1.29, 1.82) is 0 Å². The van der Waals surface area contributed by atoms with Gasteiger partial charge in [-0.3, -0.25) is 0 Å². The summed E-state index contributed by atoms with van der Waals surface area (Å²) in [4.78, 5) is 0. The highest BCUT2D eigenvalue weighted by Gasteiger charge is 1.95. The Hall–Kier alpha value is -1.02. The normalized spacial score (nSPS) is 10.5. The molecule has 0 saturated carbocycles. The first kappa shape index (κ1) is 5.74. The number of halogens is 1. The molecule has 0 amide bonds. The summed E-state index contributed by atoms with van der Waals surface area (Å²) in [5.41, 5.74) is 0.948. The Balaban J connectivity index is 2.93. The monoisotopic (exact) mass is 152 g/mol. The largest absolute Gasteiger partial charge is 0.172 e. The highest BCUT2D eigenvalue weighted by Crippen LogP contribution is 2.12. The van der Waals surface area contributed by atoms with Crippen molar-refractivity contribution in [3.8, 4) is 0 Å². The molecular formula is C7H5ClN2. The molecule has 2 aromatic rings. The molecule has 2 rings (SSSR count). The minimum atomic E-state index is 0.948. The summed E-state index contributed by atoms with van der Waals surface area (Å²) in [5, 5.41) is 4.94. The smallest absolute Gasteiger partial charge is 0.0871 e. The Morgan fingerprint density at radius 3 is 2.90 bits per heavy atom. The van der Waals surface area contributed by atoms with Crippen LogP contribution >= 0.6 is 11.8 Å². The van der Waals surface area contributed by atoms with E-state index in [-0.39, 0.29) is 0 Å². The van der Waals surface area contributed by atoms with Crippen LogP contribution < -0.4 is 0 Å². The van der Waals surface area contributed by atoms with E-state index in [1.807, 2.05) is 24.3 Å². The molecule has 0 atom stereocenters. The van der Waals surface area contributed by atoms with Gasteiger partial charge in [0, 0.05) is 17.2 Å². The zero-order chi connectivity index (χ0) is 6.97. The average Bonchev–Trinajstić information content (AvgIpc) is 2.34. The number of hydrogen-bond donors (Lipinski definition) is 0. The van der Waals surface area contributed by atoms with Gasteiger partial charge in [-0.05, 0) is 6.07 Å². The lowest BCUT2D eigenvalue weighted by Crippen LogP contribution is -1.78. The summed E-state index contributed by atoms with van der Waals surface area (Å²) in [6.07, 6.45) is 1.74. The average molecular weight is 153 g/mol. The van der Waals surface area contributed by atoms with Gasteiger partial charge in [-0.2, -0.15) is 9.30 Å². The third-order valence-corrected chi connectivity index (χ3v) is 1.70. The molecule has 0 bridgehead atoms. The van der Waals surface area contributed by atoms with Crippen LogP contribution in [0.15, 0.2) is 30.5 Å². The summed E-state index contributed by atoms with van der Waals surface area (Å²) < 4.78 is 1.34. The molecule has 1 heterocycles. The van der Waals surface area contributed by atoms with Crippen molar-refractivity contribution in [2.24, 2.45) is 0 Å². The highest BCUT2D eigenvalue weighted by atomic mass is 35.5. The van der Waals surface area contributed by atoms with Gasteiger partial charge in [0.2, 0.25) is 0 Å². The number of rotatable bonds is 0. The topological polar surface area (TPSA) is 17.8 Å². The lowest BCUT2D eigenvalue weighted by atomic mass is 10.3. The number of nitrogens with zero attached hydrogens (tertiary/aromatic N) is 2. The molecule has 0 unspecified atom stereocenters. The summed E-state index contributed by atoms with van der Waals surface area (Å²) in [6, 6.07) is 7.79. The van der Waals surface area contributed by atoms with Gasteiger partial charge in [-0.25, -0.2) is 0 Å². The van der Waals surface area contributed by atoms with E-state index in [0.717, 1.165) is 10.9 Å². The number of para-hydroxylation sites is 1. The molecule has 2 nitrogen and oxygen atoms in total. The molecule has 0 aliphatic carbocycles. The molecule has 0 saturated heterocycles. The van der Waals surface area contributed by atoms with Crippen LogP contribution in [0.1, 0.15) is 0 Å². The Bertz CT molecular complexity index is 353. The van der Waals surface area contributed by atoms with E-state index >= 15 is 0 Å². The van der Waals surface area contributed by atoms with E-state index in [9.17, 15) is 0 Å². The van der Waals surface area contributed by atoms with Crippen LogP contribution in [0.2, 0.25) is 0 Å². The van der Waals surface area contributed by atoms with Gasteiger partial charge in [0.05, 0.1) is 11.7 Å². The first-order valence-electron chi connectivity index (χ1n) is 2.97. The van der Waals surface area contributed by atoms with Gasteiger partial charge in [0.1, 0.15) is 0 Å². The first-order chi connectivity index (χ1) is 4.88. The summed E-state index contributed by atoms with van der Waals surface area (Å²) >= 11 is 5.68. The molecule has 0 radical (unpaired) electrons. The van der Waals surface area contributed by atoms with E-state index in [2.05, 4.69) is 5.10 Å². The van der Waals surface area contributed by atoms with Crippen molar-refractivity contribution in [2.75, 3.05) is 0 Å². The zero-order valence-corrected chi connectivity index (χ0v) is 5.92.